The standard InChI is InChI=1S/C22H23N3OS/c23-15-17-5-7-18(8-6-17)25-13-11-24(12-14-25)10-9-21(26)20-16-27-22-4-2-1-3-19(20)22/h1-8,16,21,26H,9-14H2. The second-order valence-electron chi connectivity index (χ2n) is 6.98. The van der Waals surface area contributed by atoms with Crippen molar-refractivity contribution in [2.75, 3.05) is 37.6 Å². The van der Waals surface area contributed by atoms with Crippen LogP contribution >= 0.6 is 11.3 Å². The van der Waals surface area contributed by atoms with Gasteiger partial charge in [0.15, 0.2) is 0 Å². The van der Waals surface area contributed by atoms with Gasteiger partial charge in [0.2, 0.25) is 0 Å². The van der Waals surface area contributed by atoms with E-state index in [4.69, 9.17) is 5.26 Å². The molecule has 4 rings (SSSR count). The van der Waals surface area contributed by atoms with Crippen molar-refractivity contribution >= 4 is 27.1 Å². The van der Waals surface area contributed by atoms with E-state index in [1.165, 1.54) is 15.8 Å². The summed E-state index contributed by atoms with van der Waals surface area (Å²) >= 11 is 1.70. The summed E-state index contributed by atoms with van der Waals surface area (Å²) in [7, 11) is 0. The highest BCUT2D eigenvalue weighted by Gasteiger charge is 2.19. The molecule has 0 spiro atoms. The first-order valence-corrected chi connectivity index (χ1v) is 10.2. The Balaban J connectivity index is 1.29. The topological polar surface area (TPSA) is 50.5 Å². The summed E-state index contributed by atoms with van der Waals surface area (Å²) in [6.07, 6.45) is 0.357. The van der Waals surface area contributed by atoms with E-state index >= 15 is 0 Å². The molecule has 1 atom stereocenters. The number of fused-ring (bicyclic) bond motifs is 1. The van der Waals surface area contributed by atoms with Crippen molar-refractivity contribution in [2.24, 2.45) is 0 Å². The molecule has 1 unspecified atom stereocenters. The Bertz CT molecular complexity index is 936. The molecular weight excluding hydrogens is 354 g/mol. The predicted octanol–water partition coefficient (Wildman–Crippen LogP) is 4.02. The third-order valence-electron chi connectivity index (χ3n) is 5.32. The maximum Gasteiger partial charge on any atom is 0.0991 e. The fourth-order valence-corrected chi connectivity index (χ4v) is 4.70. The van der Waals surface area contributed by atoms with Gasteiger partial charge < -0.3 is 10.0 Å². The quantitative estimate of drug-likeness (QED) is 0.730. The first kappa shape index (κ1) is 18.0. The molecule has 1 aromatic heterocycles. The Morgan fingerprint density at radius 2 is 1.78 bits per heavy atom. The number of anilines is 1. The van der Waals surface area contributed by atoms with Crippen LogP contribution in [0.2, 0.25) is 0 Å². The summed E-state index contributed by atoms with van der Waals surface area (Å²) in [4.78, 5) is 4.79. The maximum absolute atomic E-state index is 10.7. The number of rotatable bonds is 5. The van der Waals surface area contributed by atoms with E-state index in [1.54, 1.807) is 11.3 Å². The van der Waals surface area contributed by atoms with Crippen molar-refractivity contribution in [3.63, 3.8) is 0 Å². The lowest BCUT2D eigenvalue weighted by Crippen LogP contribution is -2.46. The summed E-state index contributed by atoms with van der Waals surface area (Å²) in [5.41, 5.74) is 2.94. The molecule has 1 aliphatic heterocycles. The third-order valence-corrected chi connectivity index (χ3v) is 6.30. The van der Waals surface area contributed by atoms with Crippen LogP contribution in [0.5, 0.6) is 0 Å². The fraction of sp³-hybridized carbons (Fsp3) is 0.318. The average Bonchev–Trinajstić information content (AvgIpc) is 3.17. The zero-order valence-electron chi connectivity index (χ0n) is 15.2. The van der Waals surface area contributed by atoms with Gasteiger partial charge in [-0.15, -0.1) is 11.3 Å². The van der Waals surface area contributed by atoms with E-state index in [1.807, 2.05) is 36.4 Å². The molecule has 27 heavy (non-hydrogen) atoms. The number of piperazine rings is 1. The average molecular weight is 378 g/mol. The maximum atomic E-state index is 10.7. The van der Waals surface area contributed by atoms with E-state index in [0.29, 0.717) is 5.56 Å². The lowest BCUT2D eigenvalue weighted by atomic mass is 10.1. The van der Waals surface area contributed by atoms with Crippen LogP contribution in [0.4, 0.5) is 5.69 Å². The summed E-state index contributed by atoms with van der Waals surface area (Å²) in [5.74, 6) is 0. The number of thiophene rings is 1. The molecule has 3 aromatic rings. The molecule has 0 saturated carbocycles. The number of hydrogen-bond donors (Lipinski definition) is 1. The SMILES string of the molecule is N#Cc1ccc(N2CCN(CCC(O)c3csc4ccccc34)CC2)cc1. The zero-order valence-corrected chi connectivity index (χ0v) is 16.0. The van der Waals surface area contributed by atoms with Crippen LogP contribution in [-0.4, -0.2) is 42.7 Å². The normalized spacial score (nSPS) is 16.4. The Hall–Kier alpha value is -2.39. The molecule has 0 radical (unpaired) electrons. The highest BCUT2D eigenvalue weighted by atomic mass is 32.1. The van der Waals surface area contributed by atoms with Gasteiger partial charge in [-0.05, 0) is 53.1 Å². The number of hydrogen-bond acceptors (Lipinski definition) is 5. The Kier molecular flexibility index (Phi) is 5.40. The van der Waals surface area contributed by atoms with Gasteiger partial charge in [0, 0.05) is 43.1 Å². The van der Waals surface area contributed by atoms with E-state index < -0.39 is 6.10 Å². The minimum Gasteiger partial charge on any atom is -0.388 e. The van der Waals surface area contributed by atoms with Crippen LogP contribution in [0.1, 0.15) is 23.7 Å². The van der Waals surface area contributed by atoms with Gasteiger partial charge >= 0.3 is 0 Å². The fourth-order valence-electron chi connectivity index (χ4n) is 3.69. The van der Waals surface area contributed by atoms with Crippen molar-refractivity contribution < 1.29 is 5.11 Å². The summed E-state index contributed by atoms with van der Waals surface area (Å²) < 4.78 is 1.24. The number of aliphatic hydroxyl groups is 1. The molecule has 138 valence electrons. The monoisotopic (exact) mass is 377 g/mol. The second kappa shape index (κ2) is 8.10. The van der Waals surface area contributed by atoms with Crippen LogP contribution in [0.15, 0.2) is 53.9 Å². The molecular formula is C22H23N3OS. The van der Waals surface area contributed by atoms with Gasteiger partial charge in [-0.1, -0.05) is 18.2 Å². The van der Waals surface area contributed by atoms with Crippen molar-refractivity contribution in [3.05, 3.63) is 65.0 Å². The summed E-state index contributed by atoms with van der Waals surface area (Å²) in [5, 5.41) is 22.9. The van der Waals surface area contributed by atoms with Crippen LogP contribution < -0.4 is 4.90 Å². The van der Waals surface area contributed by atoms with Crippen LogP contribution in [0.25, 0.3) is 10.1 Å². The van der Waals surface area contributed by atoms with Crippen molar-refractivity contribution in [2.45, 2.75) is 12.5 Å². The Morgan fingerprint density at radius 3 is 2.52 bits per heavy atom. The molecule has 2 heterocycles. The summed E-state index contributed by atoms with van der Waals surface area (Å²) in [6.45, 7) is 4.85. The van der Waals surface area contributed by atoms with Gasteiger partial charge in [-0.3, -0.25) is 4.90 Å². The number of benzene rings is 2. The lowest BCUT2D eigenvalue weighted by Gasteiger charge is -2.36. The molecule has 1 aliphatic rings. The third kappa shape index (κ3) is 3.98. The zero-order chi connectivity index (χ0) is 18.6. The lowest BCUT2D eigenvalue weighted by molar-refractivity contribution is 0.141. The minimum atomic E-state index is -0.405. The Morgan fingerprint density at radius 1 is 1.04 bits per heavy atom. The van der Waals surface area contributed by atoms with Gasteiger partial charge in [-0.2, -0.15) is 5.26 Å². The molecule has 2 aromatic carbocycles. The molecule has 0 bridgehead atoms. The number of aliphatic hydroxyl groups excluding tert-OH is 1. The van der Waals surface area contributed by atoms with E-state index in [2.05, 4.69) is 33.4 Å². The van der Waals surface area contributed by atoms with E-state index in [9.17, 15) is 5.11 Å². The van der Waals surface area contributed by atoms with Crippen LogP contribution in [0.3, 0.4) is 0 Å². The van der Waals surface area contributed by atoms with Crippen molar-refractivity contribution in [3.8, 4) is 6.07 Å². The van der Waals surface area contributed by atoms with Crippen LogP contribution in [0, 0.1) is 11.3 Å². The summed E-state index contributed by atoms with van der Waals surface area (Å²) in [6, 6.07) is 18.3. The van der Waals surface area contributed by atoms with Gasteiger partial charge in [0.1, 0.15) is 0 Å². The Labute approximate surface area is 163 Å². The van der Waals surface area contributed by atoms with Gasteiger partial charge in [0.05, 0.1) is 17.7 Å². The molecule has 0 amide bonds. The van der Waals surface area contributed by atoms with Crippen LogP contribution in [-0.2, 0) is 0 Å². The van der Waals surface area contributed by atoms with Crippen molar-refractivity contribution in [1.82, 2.24) is 4.90 Å². The van der Waals surface area contributed by atoms with Crippen molar-refractivity contribution in [1.29, 1.82) is 5.26 Å². The minimum absolute atomic E-state index is 0.405. The highest BCUT2D eigenvalue weighted by molar-refractivity contribution is 7.17. The smallest absolute Gasteiger partial charge is 0.0991 e. The molecule has 1 saturated heterocycles. The first-order valence-electron chi connectivity index (χ1n) is 9.36. The molecule has 5 heteroatoms. The van der Waals surface area contributed by atoms with E-state index in [0.717, 1.165) is 44.7 Å². The first-order chi connectivity index (χ1) is 13.2. The largest absolute Gasteiger partial charge is 0.388 e. The molecule has 1 N–H and O–H groups in total. The molecule has 0 aliphatic carbocycles. The highest BCUT2D eigenvalue weighted by Crippen LogP contribution is 2.31. The molecule has 4 nitrogen and oxygen atoms in total. The number of nitrogens with zero attached hydrogens (tertiary/aromatic N) is 3. The predicted molar refractivity (Wildman–Crippen MR) is 111 cm³/mol. The second-order valence-corrected chi connectivity index (χ2v) is 7.89. The van der Waals surface area contributed by atoms with Gasteiger partial charge in [-0.25, -0.2) is 0 Å². The number of nitriles is 1. The van der Waals surface area contributed by atoms with E-state index in [-0.39, 0.29) is 0 Å². The van der Waals surface area contributed by atoms with Gasteiger partial charge in [0.25, 0.3) is 0 Å². The molecule has 1 fully saturated rings.